The molecule has 1 aromatic heterocycles. The van der Waals surface area contributed by atoms with Crippen LogP contribution in [0.4, 0.5) is 17.1 Å². The summed E-state index contributed by atoms with van der Waals surface area (Å²) in [6.45, 7) is 0. The van der Waals surface area contributed by atoms with Crippen molar-refractivity contribution in [2.75, 3.05) is 4.90 Å². The minimum Gasteiger partial charge on any atom is -0.333 e. The molecule has 56 heavy (non-hydrogen) atoms. The van der Waals surface area contributed by atoms with E-state index < -0.39 is 0 Å². The molecular weight excluding hydrogens is 677 g/mol. The van der Waals surface area contributed by atoms with Crippen molar-refractivity contribution in [3.05, 3.63) is 224 Å². The minimum atomic E-state index is 0.325. The molecule has 10 rings (SSSR count). The Morgan fingerprint density at radius 3 is 1.27 bits per heavy atom. The van der Waals surface area contributed by atoms with E-state index in [0.717, 1.165) is 23.5 Å². The summed E-state index contributed by atoms with van der Waals surface area (Å²) < 4.78 is 2.50. The number of allylic oxidation sites excluding steroid dienone is 4. The zero-order valence-electron chi connectivity index (χ0n) is 31.0. The highest BCUT2D eigenvalue weighted by Crippen LogP contribution is 2.39. The molecule has 0 amide bonds. The Hall–Kier alpha value is -7.16. The van der Waals surface area contributed by atoms with E-state index in [1.807, 2.05) is 0 Å². The molecule has 1 aliphatic carbocycles. The van der Waals surface area contributed by atoms with E-state index in [2.05, 4.69) is 234 Å². The summed E-state index contributed by atoms with van der Waals surface area (Å²) in [6.07, 6.45) is 9.91. The van der Waals surface area contributed by atoms with Gasteiger partial charge in [0, 0.05) is 38.9 Å². The predicted octanol–water partition coefficient (Wildman–Crippen LogP) is 15.0. The van der Waals surface area contributed by atoms with Crippen molar-refractivity contribution in [1.29, 1.82) is 0 Å². The molecule has 9 aromatic rings. The first-order valence-corrected chi connectivity index (χ1v) is 19.4. The maximum absolute atomic E-state index is 2.50. The second kappa shape index (κ2) is 14.6. The zero-order chi connectivity index (χ0) is 37.3. The highest BCUT2D eigenvalue weighted by molar-refractivity contribution is 6.09. The van der Waals surface area contributed by atoms with Crippen LogP contribution >= 0.6 is 0 Å². The minimum absolute atomic E-state index is 0.325. The number of hydrogen-bond donors (Lipinski definition) is 0. The van der Waals surface area contributed by atoms with Gasteiger partial charge in [0.05, 0.1) is 6.04 Å². The highest BCUT2D eigenvalue weighted by atomic mass is 15.1. The summed E-state index contributed by atoms with van der Waals surface area (Å²) in [5.74, 6) is 0. The lowest BCUT2D eigenvalue weighted by atomic mass is 9.98. The molecule has 0 spiro atoms. The molecule has 0 radical (unpaired) electrons. The Kier molecular flexibility index (Phi) is 8.70. The van der Waals surface area contributed by atoms with Crippen molar-refractivity contribution in [2.45, 2.75) is 12.5 Å². The Balaban J connectivity index is 0.952. The molecule has 266 valence electrons. The molecule has 8 aromatic carbocycles. The third kappa shape index (κ3) is 6.32. The van der Waals surface area contributed by atoms with Gasteiger partial charge in [-0.1, -0.05) is 170 Å². The van der Waals surface area contributed by atoms with Crippen LogP contribution in [0.5, 0.6) is 0 Å². The van der Waals surface area contributed by atoms with Crippen molar-refractivity contribution in [3.8, 4) is 44.5 Å². The molecule has 1 heterocycles. The first-order chi connectivity index (χ1) is 27.8. The summed E-state index contributed by atoms with van der Waals surface area (Å²) >= 11 is 0. The number of hydrogen-bond acceptors (Lipinski definition) is 1. The normalized spacial score (nSPS) is 13.7. The van der Waals surface area contributed by atoms with E-state index in [1.54, 1.807) is 0 Å². The molecule has 2 heteroatoms. The molecule has 1 atom stereocenters. The maximum Gasteiger partial charge on any atom is 0.0560 e. The van der Waals surface area contributed by atoms with Crippen LogP contribution in [0.2, 0.25) is 0 Å². The molecule has 2 nitrogen and oxygen atoms in total. The van der Waals surface area contributed by atoms with E-state index in [4.69, 9.17) is 0 Å². The van der Waals surface area contributed by atoms with E-state index in [1.165, 1.54) is 66.3 Å². The van der Waals surface area contributed by atoms with E-state index >= 15 is 0 Å². The molecule has 0 N–H and O–H groups in total. The van der Waals surface area contributed by atoms with Crippen LogP contribution in [0.3, 0.4) is 0 Å². The van der Waals surface area contributed by atoms with Crippen LogP contribution in [0, 0.1) is 0 Å². The van der Waals surface area contributed by atoms with E-state index in [0.29, 0.717) is 6.04 Å². The van der Waals surface area contributed by atoms with Crippen LogP contribution in [0.15, 0.2) is 224 Å². The number of fused-ring (bicyclic) bond motifs is 3. The molecule has 1 aliphatic rings. The van der Waals surface area contributed by atoms with Gasteiger partial charge in [0.15, 0.2) is 0 Å². The van der Waals surface area contributed by atoms with Gasteiger partial charge in [-0.15, -0.1) is 0 Å². The fraction of sp³-hybridized carbons (Fsp3) is 0.0370. The third-order valence-corrected chi connectivity index (χ3v) is 11.1. The van der Waals surface area contributed by atoms with Crippen LogP contribution in [-0.2, 0) is 0 Å². The number of nitrogens with zero attached hydrogens (tertiary/aromatic N) is 2. The average molecular weight is 717 g/mol. The summed E-state index contributed by atoms with van der Waals surface area (Å²) in [5, 5.41) is 2.60. The predicted molar refractivity (Wildman–Crippen MR) is 238 cm³/mol. The van der Waals surface area contributed by atoms with Crippen molar-refractivity contribution < 1.29 is 0 Å². The van der Waals surface area contributed by atoms with Gasteiger partial charge in [0.2, 0.25) is 0 Å². The van der Waals surface area contributed by atoms with Crippen molar-refractivity contribution in [3.63, 3.8) is 0 Å². The van der Waals surface area contributed by atoms with Gasteiger partial charge in [-0.2, -0.15) is 0 Å². The Morgan fingerprint density at radius 2 is 0.768 bits per heavy atom. The van der Waals surface area contributed by atoms with Crippen LogP contribution < -0.4 is 4.90 Å². The first-order valence-electron chi connectivity index (χ1n) is 19.4. The molecule has 0 fully saturated rings. The monoisotopic (exact) mass is 716 g/mol. The molecule has 1 unspecified atom stereocenters. The third-order valence-electron chi connectivity index (χ3n) is 11.1. The van der Waals surface area contributed by atoms with Gasteiger partial charge in [0.25, 0.3) is 0 Å². The summed E-state index contributed by atoms with van der Waals surface area (Å²) in [4.78, 5) is 2.34. The van der Waals surface area contributed by atoms with Gasteiger partial charge in [-0.05, 0) is 106 Å². The maximum atomic E-state index is 2.50. The fourth-order valence-electron chi connectivity index (χ4n) is 8.27. The Bertz CT molecular complexity index is 2740. The van der Waals surface area contributed by atoms with Crippen molar-refractivity contribution >= 4 is 38.9 Å². The second-order valence-corrected chi connectivity index (χ2v) is 14.5. The van der Waals surface area contributed by atoms with Gasteiger partial charge in [-0.3, -0.25) is 0 Å². The Morgan fingerprint density at radius 1 is 0.357 bits per heavy atom. The van der Waals surface area contributed by atoms with Gasteiger partial charge >= 0.3 is 0 Å². The van der Waals surface area contributed by atoms with Gasteiger partial charge in [0.1, 0.15) is 0 Å². The number of benzene rings is 8. The topological polar surface area (TPSA) is 8.17 Å². The SMILES string of the molecule is C1=CCC(n2c3ccccc3c3cc(-c4ccc(-c5ccc(N(c6ccc(-c7ccccc7)cc6)c6ccc(-c7ccccc7)cc6)cc5)cc4)ccc32)C=C1. The lowest BCUT2D eigenvalue weighted by Crippen LogP contribution is -2.09. The summed E-state index contributed by atoms with van der Waals surface area (Å²) in [5.41, 5.74) is 15.6. The molecule has 0 saturated heterocycles. The Labute approximate surface area is 328 Å². The smallest absolute Gasteiger partial charge is 0.0560 e. The number of para-hydroxylation sites is 1. The quantitative estimate of drug-likeness (QED) is 0.152. The largest absolute Gasteiger partial charge is 0.333 e. The van der Waals surface area contributed by atoms with Crippen molar-refractivity contribution in [2.24, 2.45) is 0 Å². The average Bonchev–Trinajstić information content (AvgIpc) is 3.62. The second-order valence-electron chi connectivity index (χ2n) is 14.5. The first kappa shape index (κ1) is 33.4. The van der Waals surface area contributed by atoms with Gasteiger partial charge in [-0.25, -0.2) is 0 Å². The summed E-state index contributed by atoms with van der Waals surface area (Å²) in [7, 11) is 0. The van der Waals surface area contributed by atoms with Crippen LogP contribution in [-0.4, -0.2) is 4.57 Å². The lowest BCUT2D eigenvalue weighted by molar-refractivity contribution is 0.648. The fourth-order valence-corrected chi connectivity index (χ4v) is 8.27. The van der Waals surface area contributed by atoms with Crippen molar-refractivity contribution in [1.82, 2.24) is 4.57 Å². The highest BCUT2D eigenvalue weighted by Gasteiger charge is 2.18. The van der Waals surface area contributed by atoms with Gasteiger partial charge < -0.3 is 9.47 Å². The summed E-state index contributed by atoms with van der Waals surface area (Å²) in [6, 6.07) is 72.9. The van der Waals surface area contributed by atoms with E-state index in [-0.39, 0.29) is 0 Å². The lowest BCUT2D eigenvalue weighted by Gasteiger charge is -2.26. The van der Waals surface area contributed by atoms with Crippen LogP contribution in [0.25, 0.3) is 66.3 Å². The molecule has 0 saturated carbocycles. The number of rotatable bonds is 8. The standard InChI is InChI=1S/C54H40N2/c1-4-12-39(13-5-1)42-24-31-48(32-25-42)55(49-33-26-43(27-34-49)40-14-6-2-7-15-40)50-35-28-44(29-36-50)41-20-22-45(23-21-41)46-30-37-54-52(38-46)51-18-10-11-19-53(51)56(54)47-16-8-3-9-17-47/h1-16,18-38,47H,17H2. The number of anilines is 3. The van der Waals surface area contributed by atoms with Crippen LogP contribution in [0.1, 0.15) is 12.5 Å². The molecule has 0 aliphatic heterocycles. The molecular formula is C54H40N2. The molecule has 0 bridgehead atoms. The van der Waals surface area contributed by atoms with E-state index in [9.17, 15) is 0 Å². The zero-order valence-corrected chi connectivity index (χ0v) is 31.0. The number of aromatic nitrogens is 1.